The van der Waals surface area contributed by atoms with Gasteiger partial charge in [0.1, 0.15) is 0 Å². The van der Waals surface area contributed by atoms with E-state index in [1.54, 1.807) is 0 Å². The van der Waals surface area contributed by atoms with E-state index in [4.69, 9.17) is 16.3 Å². The first-order valence-corrected chi connectivity index (χ1v) is 7.26. The molecule has 0 bridgehead atoms. The molecule has 0 saturated heterocycles. The van der Waals surface area contributed by atoms with Crippen LogP contribution in [0.4, 0.5) is 5.69 Å². The minimum absolute atomic E-state index is 0.191. The molecule has 2 aromatic rings. The van der Waals surface area contributed by atoms with Crippen LogP contribution in [0.1, 0.15) is 31.0 Å². The highest BCUT2D eigenvalue weighted by Gasteiger charge is 2.08. The molecule has 0 amide bonds. The number of anilines is 1. The molecule has 0 fully saturated rings. The quantitative estimate of drug-likeness (QED) is 0.803. The largest absolute Gasteiger partial charge is 0.378 e. The Balaban J connectivity index is 2.13. The van der Waals surface area contributed by atoms with Crippen LogP contribution in [0.2, 0.25) is 5.02 Å². The van der Waals surface area contributed by atoms with Crippen LogP contribution in [-0.4, -0.2) is 6.61 Å². The fraction of sp³-hybridized carbons (Fsp3) is 0.294. The highest BCUT2D eigenvalue weighted by molar-refractivity contribution is 6.30. The number of rotatable bonds is 6. The zero-order valence-corrected chi connectivity index (χ0v) is 12.7. The average Bonchev–Trinajstić information content (AvgIpc) is 2.46. The molecule has 0 radical (unpaired) electrons. The van der Waals surface area contributed by atoms with Gasteiger partial charge >= 0.3 is 0 Å². The van der Waals surface area contributed by atoms with Gasteiger partial charge in [-0.2, -0.15) is 0 Å². The van der Waals surface area contributed by atoms with Crippen molar-refractivity contribution < 1.29 is 4.74 Å². The maximum absolute atomic E-state index is 6.04. The number of benzene rings is 2. The second-order valence-corrected chi connectivity index (χ2v) is 5.15. The van der Waals surface area contributed by atoms with E-state index in [1.165, 1.54) is 11.1 Å². The van der Waals surface area contributed by atoms with Gasteiger partial charge in [0, 0.05) is 28.9 Å². The summed E-state index contributed by atoms with van der Waals surface area (Å²) in [6.07, 6.45) is 0. The minimum atomic E-state index is 0.191. The topological polar surface area (TPSA) is 21.3 Å². The van der Waals surface area contributed by atoms with Crippen molar-refractivity contribution in [3.63, 3.8) is 0 Å². The number of hydrogen-bond acceptors (Lipinski definition) is 2. The van der Waals surface area contributed by atoms with E-state index < -0.39 is 0 Å². The molecule has 20 heavy (non-hydrogen) atoms. The van der Waals surface area contributed by atoms with Crippen LogP contribution in [0.15, 0.2) is 48.5 Å². The van der Waals surface area contributed by atoms with Crippen molar-refractivity contribution in [2.75, 3.05) is 11.9 Å². The summed E-state index contributed by atoms with van der Waals surface area (Å²) in [5, 5.41) is 4.29. The summed E-state index contributed by atoms with van der Waals surface area (Å²) in [5.41, 5.74) is 3.44. The van der Waals surface area contributed by atoms with Gasteiger partial charge in [0.2, 0.25) is 0 Å². The normalized spacial score (nSPS) is 12.2. The third kappa shape index (κ3) is 3.99. The summed E-state index contributed by atoms with van der Waals surface area (Å²) in [5.74, 6) is 0. The van der Waals surface area contributed by atoms with Crippen molar-refractivity contribution in [2.24, 2.45) is 0 Å². The van der Waals surface area contributed by atoms with E-state index in [9.17, 15) is 0 Å². The van der Waals surface area contributed by atoms with Gasteiger partial charge in [0.15, 0.2) is 0 Å². The number of halogens is 1. The monoisotopic (exact) mass is 289 g/mol. The van der Waals surface area contributed by atoms with Crippen molar-refractivity contribution >= 4 is 17.3 Å². The predicted molar refractivity (Wildman–Crippen MR) is 85.3 cm³/mol. The van der Waals surface area contributed by atoms with Crippen LogP contribution < -0.4 is 5.32 Å². The second-order valence-electron chi connectivity index (χ2n) is 4.72. The van der Waals surface area contributed by atoms with Crippen molar-refractivity contribution in [1.82, 2.24) is 0 Å². The third-order valence-corrected chi connectivity index (χ3v) is 3.43. The van der Waals surface area contributed by atoms with Gasteiger partial charge in [-0.25, -0.2) is 0 Å². The van der Waals surface area contributed by atoms with Crippen LogP contribution in [-0.2, 0) is 11.3 Å². The second kappa shape index (κ2) is 7.32. The van der Waals surface area contributed by atoms with Crippen molar-refractivity contribution in [3.05, 3.63) is 64.7 Å². The van der Waals surface area contributed by atoms with Crippen LogP contribution in [0, 0.1) is 0 Å². The van der Waals surface area contributed by atoms with Gasteiger partial charge in [-0.1, -0.05) is 41.9 Å². The zero-order chi connectivity index (χ0) is 14.4. The minimum Gasteiger partial charge on any atom is -0.378 e. The Bertz CT molecular complexity index is 556. The smallest absolute Gasteiger partial charge is 0.0736 e. The molecule has 0 saturated carbocycles. The van der Waals surface area contributed by atoms with Gasteiger partial charge in [-0.05, 0) is 37.6 Å². The molecule has 2 nitrogen and oxygen atoms in total. The van der Waals surface area contributed by atoms with E-state index >= 15 is 0 Å². The highest BCUT2D eigenvalue weighted by atomic mass is 35.5. The van der Waals surface area contributed by atoms with Crippen LogP contribution in [0.3, 0.4) is 0 Å². The summed E-state index contributed by atoms with van der Waals surface area (Å²) < 4.78 is 5.51. The summed E-state index contributed by atoms with van der Waals surface area (Å²) in [6, 6.07) is 16.3. The first kappa shape index (κ1) is 14.9. The Morgan fingerprint density at radius 3 is 2.70 bits per heavy atom. The Kier molecular flexibility index (Phi) is 5.45. The third-order valence-electron chi connectivity index (χ3n) is 3.20. The molecule has 0 aliphatic heterocycles. The van der Waals surface area contributed by atoms with E-state index in [0.717, 1.165) is 17.3 Å². The lowest BCUT2D eigenvalue weighted by molar-refractivity contribution is 0.134. The average molecular weight is 290 g/mol. The first-order chi connectivity index (χ1) is 9.70. The van der Waals surface area contributed by atoms with E-state index in [1.807, 2.05) is 37.3 Å². The molecule has 1 N–H and O–H groups in total. The number of nitrogens with one attached hydrogen (secondary N) is 1. The maximum atomic E-state index is 6.04. The van der Waals surface area contributed by atoms with Gasteiger partial charge in [-0.15, -0.1) is 0 Å². The molecule has 2 rings (SSSR count). The lowest BCUT2D eigenvalue weighted by Crippen LogP contribution is -2.09. The Morgan fingerprint density at radius 1 is 1.15 bits per heavy atom. The summed E-state index contributed by atoms with van der Waals surface area (Å²) in [7, 11) is 0. The zero-order valence-electron chi connectivity index (χ0n) is 11.9. The lowest BCUT2D eigenvalue weighted by Gasteiger charge is -2.18. The molecule has 1 unspecified atom stereocenters. The predicted octanol–water partition coefficient (Wildman–Crippen LogP) is 5.05. The van der Waals surface area contributed by atoms with Gasteiger partial charge in [0.05, 0.1) is 6.61 Å². The van der Waals surface area contributed by atoms with E-state index in [-0.39, 0.29) is 6.04 Å². The lowest BCUT2D eigenvalue weighted by atomic mass is 10.1. The SMILES string of the molecule is CCOCc1ccccc1NC(C)c1cccc(Cl)c1. The first-order valence-electron chi connectivity index (χ1n) is 6.88. The fourth-order valence-corrected chi connectivity index (χ4v) is 2.29. The van der Waals surface area contributed by atoms with Crippen LogP contribution in [0.25, 0.3) is 0 Å². The Labute approximate surface area is 125 Å². The molecular formula is C17H20ClNO. The molecule has 1 atom stereocenters. The molecule has 0 spiro atoms. The van der Waals surface area contributed by atoms with E-state index in [2.05, 4.69) is 30.4 Å². The Morgan fingerprint density at radius 2 is 1.95 bits per heavy atom. The Hall–Kier alpha value is -1.51. The van der Waals surface area contributed by atoms with E-state index in [0.29, 0.717) is 6.61 Å². The van der Waals surface area contributed by atoms with Gasteiger partial charge in [0.25, 0.3) is 0 Å². The van der Waals surface area contributed by atoms with Gasteiger partial charge in [-0.3, -0.25) is 0 Å². The molecule has 2 aromatic carbocycles. The van der Waals surface area contributed by atoms with Gasteiger partial charge < -0.3 is 10.1 Å². The van der Waals surface area contributed by atoms with Crippen molar-refractivity contribution in [1.29, 1.82) is 0 Å². The molecule has 0 aliphatic rings. The number of ether oxygens (including phenoxy) is 1. The fourth-order valence-electron chi connectivity index (χ4n) is 2.09. The summed E-state index contributed by atoms with van der Waals surface area (Å²) in [4.78, 5) is 0. The van der Waals surface area contributed by atoms with Crippen molar-refractivity contribution in [3.8, 4) is 0 Å². The molecule has 106 valence electrons. The summed E-state index contributed by atoms with van der Waals surface area (Å²) in [6.45, 7) is 5.48. The summed E-state index contributed by atoms with van der Waals surface area (Å²) >= 11 is 6.04. The van der Waals surface area contributed by atoms with Crippen LogP contribution >= 0.6 is 11.6 Å². The molecule has 3 heteroatoms. The maximum Gasteiger partial charge on any atom is 0.0736 e. The molecular weight excluding hydrogens is 270 g/mol. The molecule has 0 aliphatic carbocycles. The highest BCUT2D eigenvalue weighted by Crippen LogP contribution is 2.24. The molecule has 0 heterocycles. The standard InChI is InChI=1S/C17H20ClNO/c1-3-20-12-15-7-4-5-10-17(15)19-13(2)14-8-6-9-16(18)11-14/h4-11,13,19H,3,12H2,1-2H3. The molecule has 0 aromatic heterocycles. The van der Waals surface area contributed by atoms with Crippen LogP contribution in [0.5, 0.6) is 0 Å². The number of para-hydroxylation sites is 1. The number of hydrogen-bond donors (Lipinski definition) is 1. The van der Waals surface area contributed by atoms with Crippen molar-refractivity contribution in [2.45, 2.75) is 26.5 Å².